The molecule has 3 aliphatic rings. The highest BCUT2D eigenvalue weighted by atomic mass is 16.2. The fourth-order valence-electron chi connectivity index (χ4n) is 5.28. The summed E-state index contributed by atoms with van der Waals surface area (Å²) in [5.41, 5.74) is 1.50. The van der Waals surface area contributed by atoms with Crippen molar-refractivity contribution in [3.63, 3.8) is 0 Å². The lowest BCUT2D eigenvalue weighted by Crippen LogP contribution is -2.69. The lowest BCUT2D eigenvalue weighted by atomic mass is 9.81. The van der Waals surface area contributed by atoms with Gasteiger partial charge in [0.05, 0.1) is 11.9 Å². The maximum atomic E-state index is 13.9. The molecule has 1 aliphatic carbocycles. The monoisotopic (exact) mass is 421 g/mol. The molecule has 1 spiro atoms. The van der Waals surface area contributed by atoms with Crippen molar-refractivity contribution in [2.45, 2.75) is 38.3 Å². The SMILES string of the molecule is C[C@@H]1C[C@@H]1C(=O)N1CCC2(CC1)C(=O)N(c1cnn(C)c1)CCN2Cc1ccccc1. The number of likely N-dealkylation sites (tertiary alicyclic amines) is 1. The normalized spacial score (nSPS) is 25.8. The number of piperidine rings is 1. The average molecular weight is 422 g/mol. The second-order valence-electron chi connectivity index (χ2n) is 9.41. The number of carbonyl (C=O) groups is 2. The van der Waals surface area contributed by atoms with Crippen LogP contribution in [0, 0.1) is 11.8 Å². The minimum Gasteiger partial charge on any atom is -0.342 e. The van der Waals surface area contributed by atoms with Gasteiger partial charge in [-0.25, -0.2) is 0 Å². The van der Waals surface area contributed by atoms with E-state index in [0.29, 0.717) is 38.4 Å². The van der Waals surface area contributed by atoms with Crippen molar-refractivity contribution in [1.82, 2.24) is 19.6 Å². The van der Waals surface area contributed by atoms with E-state index in [1.807, 2.05) is 41.2 Å². The third-order valence-corrected chi connectivity index (χ3v) is 7.39. The third-order valence-electron chi connectivity index (χ3n) is 7.39. The predicted octanol–water partition coefficient (Wildman–Crippen LogP) is 2.29. The molecular weight excluding hydrogens is 390 g/mol. The van der Waals surface area contributed by atoms with Crippen LogP contribution in [0.4, 0.5) is 5.69 Å². The highest BCUT2D eigenvalue weighted by Crippen LogP contribution is 2.42. The summed E-state index contributed by atoms with van der Waals surface area (Å²) >= 11 is 0. The number of hydrogen-bond acceptors (Lipinski definition) is 4. The molecule has 5 rings (SSSR count). The first-order valence-corrected chi connectivity index (χ1v) is 11.4. The van der Waals surface area contributed by atoms with Crippen LogP contribution in [0.1, 0.15) is 31.7 Å². The number of rotatable bonds is 4. The van der Waals surface area contributed by atoms with Gasteiger partial charge < -0.3 is 9.80 Å². The van der Waals surface area contributed by atoms with Gasteiger partial charge in [-0.2, -0.15) is 5.10 Å². The van der Waals surface area contributed by atoms with E-state index in [0.717, 1.165) is 25.2 Å². The van der Waals surface area contributed by atoms with Crippen molar-refractivity contribution in [3.05, 3.63) is 48.3 Å². The van der Waals surface area contributed by atoms with Crippen LogP contribution < -0.4 is 4.90 Å². The number of aromatic nitrogens is 2. The fourth-order valence-corrected chi connectivity index (χ4v) is 5.28. The van der Waals surface area contributed by atoms with E-state index in [1.54, 1.807) is 10.9 Å². The Kier molecular flexibility index (Phi) is 5.08. The number of hydrogen-bond donors (Lipinski definition) is 0. The van der Waals surface area contributed by atoms with Crippen LogP contribution in [0.25, 0.3) is 0 Å². The second kappa shape index (κ2) is 7.79. The summed E-state index contributed by atoms with van der Waals surface area (Å²) in [4.78, 5) is 33.0. The zero-order chi connectivity index (χ0) is 21.6. The van der Waals surface area contributed by atoms with Gasteiger partial charge in [0, 0.05) is 51.9 Å². The van der Waals surface area contributed by atoms with Crippen molar-refractivity contribution < 1.29 is 9.59 Å². The van der Waals surface area contributed by atoms with Crippen molar-refractivity contribution >= 4 is 17.5 Å². The number of aryl methyl sites for hydroxylation is 1. The number of anilines is 1. The van der Waals surface area contributed by atoms with Crippen LogP contribution in [0.15, 0.2) is 42.7 Å². The topological polar surface area (TPSA) is 61.7 Å². The second-order valence-corrected chi connectivity index (χ2v) is 9.41. The molecule has 0 N–H and O–H groups in total. The molecule has 7 heteroatoms. The first kappa shape index (κ1) is 20.2. The highest BCUT2D eigenvalue weighted by molar-refractivity contribution is 6.01. The van der Waals surface area contributed by atoms with Gasteiger partial charge in [0.1, 0.15) is 5.54 Å². The molecule has 3 heterocycles. The standard InChI is InChI=1S/C24H31N5O2/c1-18-14-21(18)22(30)27-10-8-24(9-11-27)23(31)29(20-15-25-26(2)17-20)13-12-28(24)16-19-6-4-3-5-7-19/h3-7,15,17-18,21H,8-14,16H2,1-2H3/t18-,21+/m1/s1. The molecule has 31 heavy (non-hydrogen) atoms. The summed E-state index contributed by atoms with van der Waals surface area (Å²) in [6.45, 7) is 5.66. The van der Waals surface area contributed by atoms with Gasteiger partial charge in [-0.3, -0.25) is 19.2 Å². The van der Waals surface area contributed by atoms with Crippen LogP contribution >= 0.6 is 0 Å². The fraction of sp³-hybridized carbons (Fsp3) is 0.542. The number of piperazine rings is 1. The number of nitrogens with zero attached hydrogens (tertiary/aromatic N) is 5. The summed E-state index contributed by atoms with van der Waals surface area (Å²) in [7, 11) is 1.87. The van der Waals surface area contributed by atoms with Crippen LogP contribution in [0.5, 0.6) is 0 Å². The predicted molar refractivity (Wildman–Crippen MR) is 118 cm³/mol. The van der Waals surface area contributed by atoms with Gasteiger partial charge in [0.25, 0.3) is 0 Å². The lowest BCUT2D eigenvalue weighted by molar-refractivity contribution is -0.145. The quantitative estimate of drug-likeness (QED) is 0.760. The van der Waals surface area contributed by atoms with Gasteiger partial charge in [-0.05, 0) is 30.7 Å². The average Bonchev–Trinajstić information content (AvgIpc) is 3.36. The van der Waals surface area contributed by atoms with Gasteiger partial charge in [0.15, 0.2) is 0 Å². The third kappa shape index (κ3) is 3.65. The Hall–Kier alpha value is -2.67. The molecule has 0 bridgehead atoms. The largest absolute Gasteiger partial charge is 0.342 e. The maximum absolute atomic E-state index is 13.9. The molecule has 0 unspecified atom stereocenters. The molecule has 2 aliphatic heterocycles. The Balaban J connectivity index is 1.40. The van der Waals surface area contributed by atoms with Gasteiger partial charge >= 0.3 is 0 Å². The minimum atomic E-state index is -0.574. The summed E-state index contributed by atoms with van der Waals surface area (Å²) in [6, 6.07) is 10.4. The minimum absolute atomic E-state index is 0.148. The summed E-state index contributed by atoms with van der Waals surface area (Å²) in [6.07, 6.45) is 6.05. The Bertz CT molecular complexity index is 963. The molecule has 1 aromatic carbocycles. The Labute approximate surface area is 183 Å². The summed E-state index contributed by atoms with van der Waals surface area (Å²) in [5, 5.41) is 4.27. The Morgan fingerprint density at radius 3 is 2.45 bits per heavy atom. The zero-order valence-corrected chi connectivity index (χ0v) is 18.4. The molecule has 2 aromatic rings. The number of carbonyl (C=O) groups excluding carboxylic acids is 2. The molecule has 2 saturated heterocycles. The van der Waals surface area contributed by atoms with E-state index in [9.17, 15) is 9.59 Å². The van der Waals surface area contributed by atoms with E-state index >= 15 is 0 Å². The van der Waals surface area contributed by atoms with Crippen molar-refractivity contribution in [1.29, 1.82) is 0 Å². The molecule has 7 nitrogen and oxygen atoms in total. The van der Waals surface area contributed by atoms with Gasteiger partial charge in [-0.1, -0.05) is 37.3 Å². The number of amides is 2. The molecule has 2 atom stereocenters. The first-order chi connectivity index (χ1) is 15.0. The van der Waals surface area contributed by atoms with E-state index in [-0.39, 0.29) is 17.7 Å². The van der Waals surface area contributed by atoms with E-state index in [1.165, 1.54) is 5.56 Å². The molecule has 1 saturated carbocycles. The van der Waals surface area contributed by atoms with Crippen LogP contribution in [-0.2, 0) is 23.2 Å². The van der Waals surface area contributed by atoms with Crippen LogP contribution in [-0.4, -0.2) is 63.1 Å². The van der Waals surface area contributed by atoms with Gasteiger partial charge in [-0.15, -0.1) is 0 Å². The Morgan fingerprint density at radius 2 is 1.84 bits per heavy atom. The zero-order valence-electron chi connectivity index (χ0n) is 18.4. The van der Waals surface area contributed by atoms with Crippen molar-refractivity contribution in [2.75, 3.05) is 31.1 Å². The molecule has 2 amide bonds. The maximum Gasteiger partial charge on any atom is 0.247 e. The smallest absolute Gasteiger partial charge is 0.247 e. The van der Waals surface area contributed by atoms with Crippen LogP contribution in [0.2, 0.25) is 0 Å². The molecule has 164 valence electrons. The summed E-state index contributed by atoms with van der Waals surface area (Å²) in [5.74, 6) is 1.14. The van der Waals surface area contributed by atoms with Gasteiger partial charge in [0.2, 0.25) is 11.8 Å². The molecule has 3 fully saturated rings. The van der Waals surface area contributed by atoms with E-state index in [4.69, 9.17) is 0 Å². The van der Waals surface area contributed by atoms with E-state index < -0.39 is 5.54 Å². The summed E-state index contributed by atoms with van der Waals surface area (Å²) < 4.78 is 1.74. The van der Waals surface area contributed by atoms with E-state index in [2.05, 4.69) is 29.1 Å². The highest BCUT2D eigenvalue weighted by Gasteiger charge is 2.52. The first-order valence-electron chi connectivity index (χ1n) is 11.4. The number of benzene rings is 1. The van der Waals surface area contributed by atoms with Crippen molar-refractivity contribution in [2.24, 2.45) is 18.9 Å². The molecule has 1 aromatic heterocycles. The van der Waals surface area contributed by atoms with Crippen molar-refractivity contribution in [3.8, 4) is 0 Å². The molecule has 0 radical (unpaired) electrons. The Morgan fingerprint density at radius 1 is 1.13 bits per heavy atom. The lowest BCUT2D eigenvalue weighted by Gasteiger charge is -2.52. The molecular formula is C24H31N5O2. The van der Waals surface area contributed by atoms with Crippen LogP contribution in [0.3, 0.4) is 0 Å².